The second kappa shape index (κ2) is 5.92. The van der Waals surface area contributed by atoms with E-state index in [-0.39, 0.29) is 41.8 Å². The van der Waals surface area contributed by atoms with Gasteiger partial charge in [-0.15, -0.1) is 0 Å². The monoisotopic (exact) mass is 278 g/mol. The van der Waals surface area contributed by atoms with Crippen LogP contribution in [0, 0.1) is 0 Å². The molecule has 1 aromatic carbocycles. The lowest BCUT2D eigenvalue weighted by Gasteiger charge is -2.15. The first kappa shape index (κ1) is 14.3. The van der Waals surface area contributed by atoms with Gasteiger partial charge >= 0.3 is 0 Å². The number of phenolic OH excluding ortho intramolecular Hbond substituents is 2. The topological polar surface area (TPSA) is 89.9 Å². The highest BCUT2D eigenvalue weighted by Crippen LogP contribution is 2.23. The van der Waals surface area contributed by atoms with Crippen molar-refractivity contribution in [3.8, 4) is 11.5 Å². The van der Waals surface area contributed by atoms with Crippen LogP contribution in [-0.2, 0) is 4.79 Å². The van der Waals surface area contributed by atoms with E-state index in [0.29, 0.717) is 6.04 Å². The van der Waals surface area contributed by atoms with E-state index < -0.39 is 0 Å². The fourth-order valence-electron chi connectivity index (χ4n) is 1.89. The molecule has 20 heavy (non-hydrogen) atoms. The van der Waals surface area contributed by atoms with E-state index in [4.69, 9.17) is 0 Å². The van der Waals surface area contributed by atoms with E-state index in [2.05, 4.69) is 5.32 Å². The first-order valence-corrected chi connectivity index (χ1v) is 6.49. The Hall–Kier alpha value is -2.08. The van der Waals surface area contributed by atoms with Crippen LogP contribution in [0.3, 0.4) is 0 Å². The highest BCUT2D eigenvalue weighted by atomic mass is 16.3. The molecule has 0 bridgehead atoms. The molecular weight excluding hydrogens is 260 g/mol. The number of likely N-dealkylation sites (N-methyl/N-ethyl adjacent to an activating group) is 1. The molecule has 6 nitrogen and oxygen atoms in total. The second-order valence-electron chi connectivity index (χ2n) is 5.14. The van der Waals surface area contributed by atoms with Gasteiger partial charge in [-0.05, 0) is 32.0 Å². The zero-order chi connectivity index (χ0) is 14.7. The second-order valence-corrected chi connectivity index (χ2v) is 5.14. The summed E-state index contributed by atoms with van der Waals surface area (Å²) in [4.78, 5) is 25.2. The number of hydrogen-bond acceptors (Lipinski definition) is 5. The molecule has 1 aromatic rings. The summed E-state index contributed by atoms with van der Waals surface area (Å²) in [7, 11) is 1.67. The van der Waals surface area contributed by atoms with Crippen molar-refractivity contribution >= 4 is 11.7 Å². The number of aromatic hydroxyl groups is 2. The van der Waals surface area contributed by atoms with Gasteiger partial charge in [0.25, 0.3) is 0 Å². The average molecular weight is 278 g/mol. The largest absolute Gasteiger partial charge is 0.508 e. The van der Waals surface area contributed by atoms with Gasteiger partial charge in [0.05, 0.1) is 18.7 Å². The van der Waals surface area contributed by atoms with Crippen LogP contribution in [0.25, 0.3) is 0 Å². The Morgan fingerprint density at radius 1 is 1.30 bits per heavy atom. The first-order chi connectivity index (χ1) is 9.45. The molecule has 0 heterocycles. The standard InChI is InChI=1S/C14H18N2O4/c1-16(8-14(20)15-9-2-3-9)7-13(19)11-5-4-10(17)6-12(11)18/h4-6,9,17-18H,2-3,7-8H2,1H3,(H,15,20). The number of amides is 1. The zero-order valence-electron chi connectivity index (χ0n) is 11.3. The van der Waals surface area contributed by atoms with Gasteiger partial charge in [-0.25, -0.2) is 0 Å². The number of phenols is 2. The Labute approximate surface area is 117 Å². The molecule has 0 atom stereocenters. The van der Waals surface area contributed by atoms with Crippen molar-refractivity contribution in [1.82, 2.24) is 10.2 Å². The van der Waals surface area contributed by atoms with Crippen molar-refractivity contribution in [3.63, 3.8) is 0 Å². The fourth-order valence-corrected chi connectivity index (χ4v) is 1.89. The molecular formula is C14H18N2O4. The first-order valence-electron chi connectivity index (χ1n) is 6.49. The van der Waals surface area contributed by atoms with Gasteiger partial charge in [-0.3, -0.25) is 14.5 Å². The normalized spacial score (nSPS) is 14.3. The van der Waals surface area contributed by atoms with Gasteiger partial charge in [0, 0.05) is 12.1 Å². The number of nitrogens with one attached hydrogen (secondary N) is 1. The summed E-state index contributed by atoms with van der Waals surface area (Å²) in [5.74, 6) is -0.760. The predicted octanol–water partition coefficient (Wildman–Crippen LogP) is 0.491. The minimum Gasteiger partial charge on any atom is -0.508 e. The third-order valence-electron chi connectivity index (χ3n) is 3.05. The summed E-state index contributed by atoms with van der Waals surface area (Å²) >= 11 is 0. The van der Waals surface area contributed by atoms with Crippen LogP contribution in [0.5, 0.6) is 11.5 Å². The SMILES string of the molecule is CN(CC(=O)NC1CC1)CC(=O)c1ccc(O)cc1O. The van der Waals surface area contributed by atoms with Crippen LogP contribution in [0.4, 0.5) is 0 Å². The molecule has 0 radical (unpaired) electrons. The van der Waals surface area contributed by atoms with Gasteiger partial charge in [0.15, 0.2) is 5.78 Å². The maximum absolute atomic E-state index is 12.0. The number of nitrogens with zero attached hydrogens (tertiary/aromatic N) is 1. The highest BCUT2D eigenvalue weighted by Gasteiger charge is 2.24. The van der Waals surface area contributed by atoms with E-state index in [0.717, 1.165) is 18.9 Å². The number of carbonyl (C=O) groups excluding carboxylic acids is 2. The zero-order valence-corrected chi connectivity index (χ0v) is 11.3. The quantitative estimate of drug-likeness (QED) is 0.659. The minimum absolute atomic E-state index is 0.0242. The van der Waals surface area contributed by atoms with Crippen molar-refractivity contribution in [2.24, 2.45) is 0 Å². The third kappa shape index (κ3) is 3.96. The molecule has 0 unspecified atom stereocenters. The van der Waals surface area contributed by atoms with Crippen molar-refractivity contribution in [1.29, 1.82) is 0 Å². The minimum atomic E-state index is -0.302. The Bertz CT molecular complexity index is 526. The molecule has 3 N–H and O–H groups in total. The molecule has 1 aliphatic rings. The van der Waals surface area contributed by atoms with Crippen LogP contribution in [-0.4, -0.2) is 53.0 Å². The lowest BCUT2D eigenvalue weighted by Crippen LogP contribution is -2.38. The molecule has 0 aliphatic heterocycles. The van der Waals surface area contributed by atoms with Crippen LogP contribution in [0.2, 0.25) is 0 Å². The molecule has 2 rings (SSSR count). The average Bonchev–Trinajstić information content (AvgIpc) is 3.11. The Morgan fingerprint density at radius 2 is 2.00 bits per heavy atom. The molecule has 0 aromatic heterocycles. The summed E-state index contributed by atoms with van der Waals surface area (Å²) in [5.41, 5.74) is 0.136. The van der Waals surface area contributed by atoms with Crippen LogP contribution in [0.15, 0.2) is 18.2 Å². The van der Waals surface area contributed by atoms with Gasteiger partial charge < -0.3 is 15.5 Å². The molecule has 1 amide bonds. The number of benzene rings is 1. The van der Waals surface area contributed by atoms with Crippen LogP contribution in [0.1, 0.15) is 23.2 Å². The van der Waals surface area contributed by atoms with Crippen LogP contribution < -0.4 is 5.32 Å². The smallest absolute Gasteiger partial charge is 0.234 e. The van der Waals surface area contributed by atoms with Gasteiger partial charge in [-0.2, -0.15) is 0 Å². The van der Waals surface area contributed by atoms with E-state index >= 15 is 0 Å². The van der Waals surface area contributed by atoms with Crippen molar-refractivity contribution < 1.29 is 19.8 Å². The summed E-state index contributed by atoms with van der Waals surface area (Å²) in [6.45, 7) is 0.164. The van der Waals surface area contributed by atoms with E-state index in [1.165, 1.54) is 12.1 Å². The summed E-state index contributed by atoms with van der Waals surface area (Å²) in [5, 5.41) is 21.6. The third-order valence-corrected chi connectivity index (χ3v) is 3.05. The van der Waals surface area contributed by atoms with E-state index in [9.17, 15) is 19.8 Å². The number of Topliss-reactive ketones (excluding diaryl/α,β-unsaturated/α-hetero) is 1. The maximum Gasteiger partial charge on any atom is 0.234 e. The molecule has 108 valence electrons. The van der Waals surface area contributed by atoms with Crippen molar-refractivity contribution in [3.05, 3.63) is 23.8 Å². The number of hydrogen-bond donors (Lipinski definition) is 3. The highest BCUT2D eigenvalue weighted by molar-refractivity contribution is 6.00. The number of rotatable bonds is 6. The lowest BCUT2D eigenvalue weighted by molar-refractivity contribution is -0.121. The molecule has 0 saturated heterocycles. The van der Waals surface area contributed by atoms with E-state index in [1.807, 2.05) is 0 Å². The molecule has 1 saturated carbocycles. The van der Waals surface area contributed by atoms with Gasteiger partial charge in [0.2, 0.25) is 5.91 Å². The molecule has 0 spiro atoms. The van der Waals surface area contributed by atoms with Gasteiger partial charge in [0.1, 0.15) is 11.5 Å². The maximum atomic E-state index is 12.0. The lowest BCUT2D eigenvalue weighted by atomic mass is 10.1. The van der Waals surface area contributed by atoms with Crippen LogP contribution >= 0.6 is 0 Å². The number of ketones is 1. The summed E-state index contributed by atoms with van der Waals surface area (Å²) < 4.78 is 0. The Kier molecular flexibility index (Phi) is 4.24. The van der Waals surface area contributed by atoms with E-state index in [1.54, 1.807) is 11.9 Å². The molecule has 6 heteroatoms. The van der Waals surface area contributed by atoms with Gasteiger partial charge in [-0.1, -0.05) is 0 Å². The summed E-state index contributed by atoms with van der Waals surface area (Å²) in [6, 6.07) is 4.12. The fraction of sp³-hybridized carbons (Fsp3) is 0.429. The Morgan fingerprint density at radius 3 is 2.60 bits per heavy atom. The predicted molar refractivity (Wildman–Crippen MR) is 72.8 cm³/mol. The van der Waals surface area contributed by atoms with Crippen molar-refractivity contribution in [2.45, 2.75) is 18.9 Å². The number of carbonyl (C=O) groups is 2. The molecule has 1 fully saturated rings. The van der Waals surface area contributed by atoms with Crippen molar-refractivity contribution in [2.75, 3.05) is 20.1 Å². The molecule has 1 aliphatic carbocycles. The summed E-state index contributed by atoms with van der Waals surface area (Å²) in [6.07, 6.45) is 2.05. The Balaban J connectivity index is 1.87.